The molecule has 3 rings (SSSR count). The van der Waals surface area contributed by atoms with Gasteiger partial charge in [0, 0.05) is 38.4 Å². The van der Waals surface area contributed by atoms with E-state index in [4.69, 9.17) is 16.3 Å². The topological polar surface area (TPSA) is 45.7 Å². The normalized spacial score (nSPS) is 22.1. The summed E-state index contributed by atoms with van der Waals surface area (Å²) in [5.41, 5.74) is 2.09. The number of amides is 1. The largest absolute Gasteiger partial charge is 0.444 e. The van der Waals surface area contributed by atoms with Gasteiger partial charge in [-0.25, -0.2) is 9.78 Å². The number of pyridine rings is 1. The predicted molar refractivity (Wildman–Crippen MR) is 104 cm³/mol. The zero-order valence-electron chi connectivity index (χ0n) is 15.9. The standard InChI is InChI=1S/C20H28ClN3O2/c1-20(2,3)26-19(25)24-12-10-23(11-13-24)17-7-4-15(5-8-17)16-6-9-18(21)22-14-16/h4,6,9,14,17H,5,7-8,10-13H2,1-3H3. The van der Waals surface area contributed by atoms with E-state index in [1.54, 1.807) is 0 Å². The summed E-state index contributed by atoms with van der Waals surface area (Å²) in [4.78, 5) is 20.7. The van der Waals surface area contributed by atoms with Crippen molar-refractivity contribution in [1.29, 1.82) is 0 Å². The first-order valence-corrected chi connectivity index (χ1v) is 9.72. The molecule has 1 amide bonds. The molecule has 5 nitrogen and oxygen atoms in total. The summed E-state index contributed by atoms with van der Waals surface area (Å²) in [5, 5.41) is 0.533. The van der Waals surface area contributed by atoms with Crippen molar-refractivity contribution >= 4 is 23.3 Å². The van der Waals surface area contributed by atoms with Crippen LogP contribution in [-0.4, -0.2) is 58.7 Å². The van der Waals surface area contributed by atoms with E-state index in [1.165, 1.54) is 11.1 Å². The molecule has 1 aliphatic heterocycles. The molecule has 1 unspecified atom stereocenters. The van der Waals surface area contributed by atoms with Gasteiger partial charge in [-0.3, -0.25) is 4.90 Å². The van der Waals surface area contributed by atoms with Crippen LogP contribution in [0, 0.1) is 0 Å². The van der Waals surface area contributed by atoms with Crippen molar-refractivity contribution in [2.75, 3.05) is 26.2 Å². The van der Waals surface area contributed by atoms with E-state index in [0.29, 0.717) is 11.2 Å². The quantitative estimate of drug-likeness (QED) is 0.724. The number of rotatable bonds is 2. The number of piperazine rings is 1. The van der Waals surface area contributed by atoms with E-state index >= 15 is 0 Å². The van der Waals surface area contributed by atoms with E-state index in [0.717, 1.165) is 45.4 Å². The molecule has 26 heavy (non-hydrogen) atoms. The minimum atomic E-state index is -0.435. The molecule has 0 N–H and O–H groups in total. The molecule has 2 heterocycles. The predicted octanol–water partition coefficient (Wildman–Crippen LogP) is 4.22. The Kier molecular flexibility index (Phi) is 5.88. The highest BCUT2D eigenvalue weighted by molar-refractivity contribution is 6.29. The maximum absolute atomic E-state index is 12.2. The molecule has 142 valence electrons. The molecule has 0 radical (unpaired) electrons. The summed E-state index contributed by atoms with van der Waals surface area (Å²) in [7, 11) is 0. The lowest BCUT2D eigenvalue weighted by molar-refractivity contribution is 0.00991. The number of nitrogens with zero attached hydrogens (tertiary/aromatic N) is 3. The Morgan fingerprint density at radius 2 is 1.96 bits per heavy atom. The average Bonchev–Trinajstić information content (AvgIpc) is 2.61. The second-order valence-corrected chi connectivity index (χ2v) is 8.42. The van der Waals surface area contributed by atoms with Crippen LogP contribution >= 0.6 is 11.6 Å². The van der Waals surface area contributed by atoms with Crippen LogP contribution in [0.5, 0.6) is 0 Å². The summed E-state index contributed by atoms with van der Waals surface area (Å²) >= 11 is 5.87. The van der Waals surface area contributed by atoms with Crippen LogP contribution in [0.25, 0.3) is 5.57 Å². The zero-order valence-corrected chi connectivity index (χ0v) is 16.6. The minimum Gasteiger partial charge on any atom is -0.444 e. The van der Waals surface area contributed by atoms with Crippen molar-refractivity contribution in [3.05, 3.63) is 35.1 Å². The lowest BCUT2D eigenvalue weighted by Crippen LogP contribution is -2.53. The number of halogens is 1. The number of allylic oxidation sites excluding steroid dienone is 1. The Bertz CT molecular complexity index is 659. The van der Waals surface area contributed by atoms with Gasteiger partial charge in [-0.1, -0.05) is 23.7 Å². The first-order chi connectivity index (χ1) is 12.3. The third-order valence-electron chi connectivity index (χ3n) is 4.96. The highest BCUT2D eigenvalue weighted by atomic mass is 35.5. The summed E-state index contributed by atoms with van der Waals surface area (Å²) in [5.74, 6) is 0. The van der Waals surface area contributed by atoms with E-state index in [2.05, 4.69) is 16.0 Å². The fourth-order valence-corrected chi connectivity index (χ4v) is 3.69. The van der Waals surface area contributed by atoms with Gasteiger partial charge < -0.3 is 9.64 Å². The summed E-state index contributed by atoms with van der Waals surface area (Å²) in [6, 6.07) is 4.45. The smallest absolute Gasteiger partial charge is 0.410 e. The van der Waals surface area contributed by atoms with Gasteiger partial charge in [0.25, 0.3) is 0 Å². The molecule has 0 saturated carbocycles. The van der Waals surface area contributed by atoms with Crippen molar-refractivity contribution in [3.8, 4) is 0 Å². The lowest BCUT2D eigenvalue weighted by Gasteiger charge is -2.40. The molecule has 0 spiro atoms. The molecule has 0 aromatic carbocycles. The third-order valence-corrected chi connectivity index (χ3v) is 5.19. The Labute approximate surface area is 161 Å². The fraction of sp³-hybridized carbons (Fsp3) is 0.600. The van der Waals surface area contributed by atoms with Crippen molar-refractivity contribution in [1.82, 2.24) is 14.8 Å². The van der Waals surface area contributed by atoms with Crippen molar-refractivity contribution in [3.63, 3.8) is 0 Å². The highest BCUT2D eigenvalue weighted by Crippen LogP contribution is 2.30. The molecule has 2 aliphatic rings. The highest BCUT2D eigenvalue weighted by Gasteiger charge is 2.29. The van der Waals surface area contributed by atoms with E-state index in [-0.39, 0.29) is 6.09 Å². The number of carbonyl (C=O) groups excluding carboxylic acids is 1. The van der Waals surface area contributed by atoms with Crippen LogP contribution in [-0.2, 0) is 4.74 Å². The fourth-order valence-electron chi connectivity index (χ4n) is 3.58. The van der Waals surface area contributed by atoms with Crippen LogP contribution in [0.4, 0.5) is 4.79 Å². The SMILES string of the molecule is CC(C)(C)OC(=O)N1CCN(C2CC=C(c3ccc(Cl)nc3)CC2)CC1. The molecule has 1 fully saturated rings. The Balaban J connectivity index is 1.50. The Morgan fingerprint density at radius 3 is 2.50 bits per heavy atom. The molecular formula is C20H28ClN3O2. The molecule has 1 saturated heterocycles. The van der Waals surface area contributed by atoms with Crippen LogP contribution in [0.2, 0.25) is 5.15 Å². The van der Waals surface area contributed by atoms with Crippen LogP contribution < -0.4 is 0 Å². The van der Waals surface area contributed by atoms with E-state index in [9.17, 15) is 4.79 Å². The van der Waals surface area contributed by atoms with Gasteiger partial charge in [0.05, 0.1) is 0 Å². The van der Waals surface area contributed by atoms with Crippen LogP contribution in [0.15, 0.2) is 24.4 Å². The molecule has 1 aromatic rings. The second kappa shape index (κ2) is 7.97. The second-order valence-electron chi connectivity index (χ2n) is 8.03. The molecule has 6 heteroatoms. The van der Waals surface area contributed by atoms with E-state index in [1.807, 2.05) is 44.0 Å². The first-order valence-electron chi connectivity index (χ1n) is 9.35. The number of ether oxygens (including phenoxy) is 1. The Hall–Kier alpha value is -1.59. The molecular weight excluding hydrogens is 350 g/mol. The Morgan fingerprint density at radius 1 is 1.23 bits per heavy atom. The van der Waals surface area contributed by atoms with Gasteiger partial charge in [-0.15, -0.1) is 0 Å². The minimum absolute atomic E-state index is 0.196. The monoisotopic (exact) mass is 377 g/mol. The summed E-state index contributed by atoms with van der Waals surface area (Å²) in [6.07, 6.45) is 7.23. The third kappa shape index (κ3) is 4.98. The van der Waals surface area contributed by atoms with Gasteiger partial charge in [-0.2, -0.15) is 0 Å². The summed E-state index contributed by atoms with van der Waals surface area (Å²) in [6.45, 7) is 9.02. The first kappa shape index (κ1) is 19.2. The number of hydrogen-bond donors (Lipinski definition) is 0. The maximum Gasteiger partial charge on any atom is 0.410 e. The van der Waals surface area contributed by atoms with Crippen molar-refractivity contribution in [2.45, 2.75) is 51.7 Å². The van der Waals surface area contributed by atoms with Gasteiger partial charge in [-0.05, 0) is 57.2 Å². The summed E-state index contributed by atoms with van der Waals surface area (Å²) < 4.78 is 5.47. The van der Waals surface area contributed by atoms with Crippen molar-refractivity contribution < 1.29 is 9.53 Å². The number of carbonyl (C=O) groups is 1. The molecule has 1 aromatic heterocycles. The molecule has 1 aliphatic carbocycles. The van der Waals surface area contributed by atoms with E-state index < -0.39 is 5.60 Å². The van der Waals surface area contributed by atoms with Crippen LogP contribution in [0.3, 0.4) is 0 Å². The maximum atomic E-state index is 12.2. The molecule has 1 atom stereocenters. The van der Waals surface area contributed by atoms with Crippen molar-refractivity contribution in [2.24, 2.45) is 0 Å². The number of hydrogen-bond acceptors (Lipinski definition) is 4. The lowest BCUT2D eigenvalue weighted by atomic mass is 9.90. The molecule has 0 bridgehead atoms. The van der Waals surface area contributed by atoms with Crippen LogP contribution in [0.1, 0.15) is 45.6 Å². The van der Waals surface area contributed by atoms with Gasteiger partial charge >= 0.3 is 6.09 Å². The zero-order chi connectivity index (χ0) is 18.7. The number of aromatic nitrogens is 1. The van der Waals surface area contributed by atoms with Gasteiger partial charge in [0.2, 0.25) is 0 Å². The average molecular weight is 378 g/mol. The van der Waals surface area contributed by atoms with Gasteiger partial charge in [0.15, 0.2) is 0 Å². The van der Waals surface area contributed by atoms with Gasteiger partial charge in [0.1, 0.15) is 10.8 Å².